The smallest absolute Gasteiger partial charge is 0.343 e. The third kappa shape index (κ3) is 4.10. The van der Waals surface area contributed by atoms with Crippen molar-refractivity contribution in [2.24, 2.45) is 0 Å². The molecule has 0 unspecified atom stereocenters. The molecule has 2 aromatic heterocycles. The Balaban J connectivity index is 1.62. The standard InChI is InChI=1S/C20H16FN3O4/c1-13-18(16(10-22)19(28-13)24-8-2-3-9-24)20(26)27-12-17(25)23-11-14-4-6-15(21)7-5-14/h2-9H,11-12H2,1H3,(H,23,25). The van der Waals surface area contributed by atoms with Crippen molar-refractivity contribution in [1.82, 2.24) is 9.88 Å². The number of hydrogen-bond donors (Lipinski definition) is 1. The number of furan rings is 1. The summed E-state index contributed by atoms with van der Waals surface area (Å²) < 4.78 is 25.0. The number of rotatable bonds is 6. The van der Waals surface area contributed by atoms with Crippen LogP contribution in [-0.4, -0.2) is 23.1 Å². The summed E-state index contributed by atoms with van der Waals surface area (Å²) in [6.45, 7) is 1.19. The zero-order valence-electron chi connectivity index (χ0n) is 14.9. The maximum atomic E-state index is 12.9. The second-order valence-corrected chi connectivity index (χ2v) is 5.89. The van der Waals surface area contributed by atoms with Gasteiger partial charge in [-0.2, -0.15) is 5.26 Å². The van der Waals surface area contributed by atoms with Crippen molar-refractivity contribution in [3.63, 3.8) is 0 Å². The van der Waals surface area contributed by atoms with E-state index < -0.39 is 18.5 Å². The van der Waals surface area contributed by atoms with Crippen molar-refractivity contribution in [3.05, 3.63) is 77.1 Å². The van der Waals surface area contributed by atoms with Crippen molar-refractivity contribution in [2.75, 3.05) is 6.61 Å². The van der Waals surface area contributed by atoms with Crippen LogP contribution in [0.1, 0.15) is 27.2 Å². The quantitative estimate of drug-likeness (QED) is 0.662. The van der Waals surface area contributed by atoms with Gasteiger partial charge in [-0.25, -0.2) is 9.18 Å². The molecule has 7 nitrogen and oxygen atoms in total. The summed E-state index contributed by atoms with van der Waals surface area (Å²) in [4.78, 5) is 24.3. The molecule has 0 bridgehead atoms. The average Bonchev–Trinajstić information content (AvgIpc) is 3.33. The maximum absolute atomic E-state index is 12.9. The molecule has 8 heteroatoms. The molecule has 0 atom stereocenters. The molecule has 0 aliphatic heterocycles. The van der Waals surface area contributed by atoms with E-state index in [0.717, 1.165) is 0 Å². The van der Waals surface area contributed by atoms with E-state index in [1.165, 1.54) is 12.1 Å². The van der Waals surface area contributed by atoms with Crippen LogP contribution in [0.4, 0.5) is 4.39 Å². The third-order valence-electron chi connectivity index (χ3n) is 3.96. The minimum absolute atomic E-state index is 0.0162. The fourth-order valence-electron chi connectivity index (χ4n) is 2.59. The van der Waals surface area contributed by atoms with Crippen molar-refractivity contribution in [2.45, 2.75) is 13.5 Å². The van der Waals surface area contributed by atoms with Gasteiger partial charge < -0.3 is 14.5 Å². The van der Waals surface area contributed by atoms with Gasteiger partial charge in [0.1, 0.15) is 28.8 Å². The average molecular weight is 381 g/mol. The summed E-state index contributed by atoms with van der Waals surface area (Å²) in [6, 6.07) is 11.1. The van der Waals surface area contributed by atoms with Gasteiger partial charge in [0.2, 0.25) is 5.88 Å². The number of aromatic nitrogens is 1. The molecule has 0 aliphatic carbocycles. The fraction of sp³-hybridized carbons (Fsp3) is 0.150. The molecule has 0 saturated heterocycles. The minimum atomic E-state index is -0.826. The molecule has 28 heavy (non-hydrogen) atoms. The number of halogens is 1. The Morgan fingerprint density at radius 2 is 1.93 bits per heavy atom. The number of hydrogen-bond acceptors (Lipinski definition) is 5. The Bertz CT molecular complexity index is 1030. The topological polar surface area (TPSA) is 97.3 Å². The molecule has 1 amide bonds. The van der Waals surface area contributed by atoms with Crippen LogP contribution >= 0.6 is 0 Å². The van der Waals surface area contributed by atoms with Gasteiger partial charge in [0.15, 0.2) is 6.61 Å². The first kappa shape index (κ1) is 18.9. The first-order valence-corrected chi connectivity index (χ1v) is 8.34. The summed E-state index contributed by atoms with van der Waals surface area (Å²) in [5.74, 6) is -1.29. The lowest BCUT2D eigenvalue weighted by molar-refractivity contribution is -0.124. The van der Waals surface area contributed by atoms with Crippen LogP contribution < -0.4 is 5.32 Å². The SMILES string of the molecule is Cc1oc(-n2cccc2)c(C#N)c1C(=O)OCC(=O)NCc1ccc(F)cc1. The van der Waals surface area contributed by atoms with Gasteiger partial charge in [0.25, 0.3) is 5.91 Å². The normalized spacial score (nSPS) is 10.3. The van der Waals surface area contributed by atoms with Crippen LogP contribution in [-0.2, 0) is 16.1 Å². The molecule has 0 radical (unpaired) electrons. The first-order valence-electron chi connectivity index (χ1n) is 8.34. The highest BCUT2D eigenvalue weighted by molar-refractivity contribution is 5.95. The summed E-state index contributed by atoms with van der Waals surface area (Å²) >= 11 is 0. The second kappa shape index (κ2) is 8.22. The third-order valence-corrected chi connectivity index (χ3v) is 3.96. The number of nitrogens with one attached hydrogen (secondary N) is 1. The zero-order chi connectivity index (χ0) is 20.1. The van der Waals surface area contributed by atoms with Crippen molar-refractivity contribution in [1.29, 1.82) is 5.26 Å². The minimum Gasteiger partial charge on any atom is -0.452 e. The van der Waals surface area contributed by atoms with Gasteiger partial charge in [-0.05, 0) is 36.8 Å². The molecule has 0 aliphatic rings. The maximum Gasteiger partial charge on any atom is 0.343 e. The predicted molar refractivity (Wildman–Crippen MR) is 96.0 cm³/mol. The highest BCUT2D eigenvalue weighted by Gasteiger charge is 2.26. The largest absolute Gasteiger partial charge is 0.452 e. The van der Waals surface area contributed by atoms with E-state index in [2.05, 4.69) is 5.32 Å². The summed E-state index contributed by atoms with van der Waals surface area (Å²) in [5.41, 5.74) is 0.720. The lowest BCUT2D eigenvalue weighted by atomic mass is 10.1. The Labute approximate surface area is 159 Å². The number of esters is 1. The number of nitrogens with zero attached hydrogens (tertiary/aromatic N) is 2. The van der Waals surface area contributed by atoms with Gasteiger partial charge in [-0.1, -0.05) is 12.1 Å². The van der Waals surface area contributed by atoms with E-state index in [4.69, 9.17) is 9.15 Å². The molecule has 3 aromatic rings. The van der Waals surface area contributed by atoms with Gasteiger partial charge in [0.05, 0.1) is 0 Å². The van der Waals surface area contributed by atoms with E-state index in [0.29, 0.717) is 5.56 Å². The van der Waals surface area contributed by atoms with Crippen LogP contribution in [0.15, 0.2) is 53.2 Å². The fourth-order valence-corrected chi connectivity index (χ4v) is 2.59. The lowest BCUT2D eigenvalue weighted by Crippen LogP contribution is -2.28. The van der Waals surface area contributed by atoms with E-state index in [-0.39, 0.29) is 35.1 Å². The summed E-state index contributed by atoms with van der Waals surface area (Å²) in [5, 5.41) is 12.0. The monoisotopic (exact) mass is 381 g/mol. The molecular formula is C20H16FN3O4. The molecule has 1 N–H and O–H groups in total. The van der Waals surface area contributed by atoms with Crippen LogP contribution in [0.5, 0.6) is 0 Å². The lowest BCUT2D eigenvalue weighted by Gasteiger charge is -2.06. The molecule has 0 fully saturated rings. The van der Waals surface area contributed by atoms with Crippen molar-refractivity contribution >= 4 is 11.9 Å². The Kier molecular flexibility index (Phi) is 5.56. The van der Waals surface area contributed by atoms with Gasteiger partial charge in [-0.3, -0.25) is 9.36 Å². The van der Waals surface area contributed by atoms with Crippen LogP contribution in [0, 0.1) is 24.1 Å². The molecule has 0 spiro atoms. The number of ether oxygens (including phenoxy) is 1. The van der Waals surface area contributed by atoms with Gasteiger partial charge in [0, 0.05) is 18.9 Å². The molecule has 0 saturated carbocycles. The highest BCUT2D eigenvalue weighted by atomic mass is 19.1. The van der Waals surface area contributed by atoms with E-state index >= 15 is 0 Å². The van der Waals surface area contributed by atoms with E-state index in [1.807, 2.05) is 6.07 Å². The first-order chi connectivity index (χ1) is 13.5. The number of carbonyl (C=O) groups excluding carboxylic acids is 2. The van der Waals surface area contributed by atoms with Gasteiger partial charge >= 0.3 is 5.97 Å². The zero-order valence-corrected chi connectivity index (χ0v) is 14.9. The van der Waals surface area contributed by atoms with Gasteiger partial charge in [-0.15, -0.1) is 0 Å². The van der Waals surface area contributed by atoms with Crippen molar-refractivity contribution in [3.8, 4) is 12.0 Å². The second-order valence-electron chi connectivity index (χ2n) is 5.89. The van der Waals surface area contributed by atoms with E-state index in [9.17, 15) is 19.2 Å². The van der Waals surface area contributed by atoms with Crippen LogP contribution in [0.25, 0.3) is 5.88 Å². The Hall–Kier alpha value is -3.86. The summed E-state index contributed by atoms with van der Waals surface area (Å²) in [7, 11) is 0. The molecule has 3 rings (SSSR count). The summed E-state index contributed by atoms with van der Waals surface area (Å²) in [6.07, 6.45) is 3.36. The Morgan fingerprint density at radius 1 is 1.25 bits per heavy atom. The van der Waals surface area contributed by atoms with Crippen LogP contribution in [0.2, 0.25) is 0 Å². The highest BCUT2D eigenvalue weighted by Crippen LogP contribution is 2.26. The number of aryl methyl sites for hydroxylation is 1. The van der Waals surface area contributed by atoms with Crippen LogP contribution in [0.3, 0.4) is 0 Å². The number of benzene rings is 1. The molecular weight excluding hydrogens is 365 g/mol. The van der Waals surface area contributed by atoms with Crippen molar-refractivity contribution < 1.29 is 23.1 Å². The number of amides is 1. The van der Waals surface area contributed by atoms with E-state index in [1.54, 1.807) is 48.1 Å². The molecule has 1 aromatic carbocycles. The Morgan fingerprint density at radius 3 is 2.57 bits per heavy atom. The molecule has 2 heterocycles. The number of carbonyl (C=O) groups is 2. The predicted octanol–water partition coefficient (Wildman–Crippen LogP) is 2.86. The molecule has 142 valence electrons. The number of nitriles is 1.